The van der Waals surface area contributed by atoms with Crippen LogP contribution in [0.1, 0.15) is 82.1 Å². The number of aliphatic hydroxyl groups is 1. The zero-order valence-corrected chi connectivity index (χ0v) is 37.8. The molecule has 0 radical (unpaired) electrons. The van der Waals surface area contributed by atoms with Crippen molar-refractivity contribution in [3.8, 4) is 22.9 Å². The molecule has 358 valence electrons. The maximum atomic E-state index is 13.9. The predicted molar refractivity (Wildman–Crippen MR) is 237 cm³/mol. The van der Waals surface area contributed by atoms with Gasteiger partial charge in [-0.25, -0.2) is 9.78 Å². The van der Waals surface area contributed by atoms with Crippen LogP contribution in [0, 0.1) is 5.92 Å². The van der Waals surface area contributed by atoms with Crippen LogP contribution < -0.4 is 47.4 Å². The smallest absolute Gasteiger partial charge is 0.343 e. The summed E-state index contributed by atoms with van der Waals surface area (Å²) in [5, 5.41) is 25.5. The van der Waals surface area contributed by atoms with Gasteiger partial charge < -0.3 is 65.7 Å². The van der Waals surface area contributed by atoms with Gasteiger partial charge in [0.1, 0.15) is 31.9 Å². The number of hydrogen-bond donors (Lipinski definition) is 7. The van der Waals surface area contributed by atoms with Gasteiger partial charge >= 0.3 is 5.97 Å². The molecular formula is C45H60N8O13. The Bertz CT molecular complexity index is 2390. The second-order valence-corrected chi connectivity index (χ2v) is 16.6. The van der Waals surface area contributed by atoms with Gasteiger partial charge in [-0.15, -0.1) is 0 Å². The first-order chi connectivity index (χ1) is 31.7. The van der Waals surface area contributed by atoms with Gasteiger partial charge in [0.15, 0.2) is 17.1 Å². The van der Waals surface area contributed by atoms with Crippen molar-refractivity contribution in [2.45, 2.75) is 97.1 Å². The number of nitrogens with one attached hydrogen (secondary N) is 5. The van der Waals surface area contributed by atoms with Crippen LogP contribution in [0.3, 0.4) is 0 Å². The Labute approximate surface area is 381 Å². The average molecular weight is 921 g/mol. The molecule has 21 nitrogen and oxygen atoms in total. The molecule has 0 bridgehead atoms. The highest BCUT2D eigenvalue weighted by Gasteiger charge is 2.45. The minimum absolute atomic E-state index is 0.00787. The van der Waals surface area contributed by atoms with E-state index in [1.165, 1.54) is 0 Å². The lowest BCUT2D eigenvalue weighted by molar-refractivity contribution is -0.172. The van der Waals surface area contributed by atoms with E-state index in [1.54, 1.807) is 37.5 Å². The highest BCUT2D eigenvalue weighted by atomic mass is 16.7. The molecule has 5 heterocycles. The Balaban J connectivity index is 1.06. The molecule has 0 aliphatic carbocycles. The van der Waals surface area contributed by atoms with E-state index >= 15 is 0 Å². The van der Waals surface area contributed by atoms with E-state index in [1.807, 2.05) is 13.0 Å². The van der Waals surface area contributed by atoms with Crippen molar-refractivity contribution < 1.29 is 57.6 Å². The molecule has 21 heteroatoms. The van der Waals surface area contributed by atoms with E-state index < -0.39 is 59.8 Å². The largest absolute Gasteiger partial charge is 0.458 e. The Morgan fingerprint density at radius 3 is 2.35 bits per heavy atom. The SMILES string of the molecule is CCOCCNC(=O)COCC(=O)N[C@H](C(=O)N[C@@H](CCCCN)C(=O)NCC(=O)NCCCc1c2c(nc3cc4c(cc13)OCO4)-c1cc3c(c(=O)n1C2)COC(=O)[C@]3(O)CC)C(C)C. The maximum absolute atomic E-state index is 13.9. The highest BCUT2D eigenvalue weighted by Crippen LogP contribution is 2.43. The topological polar surface area (TPSA) is 290 Å². The number of aryl methyl sites for hydroxylation is 1. The van der Waals surface area contributed by atoms with E-state index in [4.69, 9.17) is 34.4 Å². The number of pyridine rings is 2. The lowest BCUT2D eigenvalue weighted by Crippen LogP contribution is -2.56. The van der Waals surface area contributed by atoms with Gasteiger partial charge in [0.25, 0.3) is 5.56 Å². The molecule has 3 atom stereocenters. The molecule has 66 heavy (non-hydrogen) atoms. The summed E-state index contributed by atoms with van der Waals surface area (Å²) in [6.45, 7) is 7.45. The van der Waals surface area contributed by atoms with Crippen LogP contribution in [-0.4, -0.2) is 122 Å². The number of ether oxygens (including phenoxy) is 5. The molecular weight excluding hydrogens is 861 g/mol. The summed E-state index contributed by atoms with van der Waals surface area (Å²) in [6.07, 6.45) is 2.22. The summed E-state index contributed by atoms with van der Waals surface area (Å²) in [5.74, 6) is -2.85. The molecule has 6 rings (SSSR count). The summed E-state index contributed by atoms with van der Waals surface area (Å²) in [7, 11) is 0. The van der Waals surface area contributed by atoms with Crippen LogP contribution in [0.5, 0.6) is 11.5 Å². The first kappa shape index (κ1) is 49.3. The van der Waals surface area contributed by atoms with Gasteiger partial charge in [0, 0.05) is 42.3 Å². The summed E-state index contributed by atoms with van der Waals surface area (Å²) in [5.41, 5.74) is 6.94. The second kappa shape index (κ2) is 22.4. The number of rotatable bonds is 24. The molecule has 0 saturated carbocycles. The van der Waals surface area contributed by atoms with Crippen LogP contribution in [0.4, 0.5) is 0 Å². The minimum Gasteiger partial charge on any atom is -0.458 e. The van der Waals surface area contributed by atoms with E-state index in [9.17, 15) is 38.7 Å². The van der Waals surface area contributed by atoms with Gasteiger partial charge in [-0.05, 0) is 75.6 Å². The fourth-order valence-electron chi connectivity index (χ4n) is 8.15. The molecule has 3 aliphatic rings. The molecule has 8 N–H and O–H groups in total. The quantitative estimate of drug-likeness (QED) is 0.0357. The van der Waals surface area contributed by atoms with Gasteiger partial charge in [0.2, 0.25) is 36.3 Å². The molecule has 0 spiro atoms. The molecule has 0 unspecified atom stereocenters. The van der Waals surface area contributed by atoms with Crippen molar-refractivity contribution >= 4 is 46.4 Å². The summed E-state index contributed by atoms with van der Waals surface area (Å²) < 4.78 is 28.5. The Kier molecular flexibility index (Phi) is 16.7. The normalized spacial score (nSPS) is 16.4. The number of hydrogen-bond acceptors (Lipinski definition) is 15. The summed E-state index contributed by atoms with van der Waals surface area (Å²) in [4.78, 5) is 96.2. The number of carbonyl (C=O) groups excluding carboxylic acids is 6. The molecule has 0 saturated heterocycles. The number of esters is 1. The monoisotopic (exact) mass is 920 g/mol. The first-order valence-corrected chi connectivity index (χ1v) is 22.4. The Morgan fingerprint density at radius 2 is 1.62 bits per heavy atom. The van der Waals surface area contributed by atoms with E-state index in [-0.39, 0.29) is 75.1 Å². The lowest BCUT2D eigenvalue weighted by Gasteiger charge is -2.31. The number of aromatic nitrogens is 2. The van der Waals surface area contributed by atoms with Crippen molar-refractivity contribution in [1.29, 1.82) is 0 Å². The number of carbonyl (C=O) groups is 6. The second-order valence-electron chi connectivity index (χ2n) is 16.6. The standard InChI is InChI=1S/C45H60N8O13/c1-5-45(61)30-17-33-40-28(20-53(33)43(59)29(30)21-64-44(45)60)26(27-16-34-35(66-24-65-34)18-32(27)50-40)10-9-13-47-36(54)19-49-41(57)31(11-7-8-12-46)51-42(58)39(25(3)4)52-38(56)23-63-22-37(55)48-14-15-62-6-2/h16-18,25,31,39,61H,5-15,19-24,46H2,1-4H3,(H,47,54)(H,48,55)(H,49,57)(H,51,58)(H,52,56)/t31-,39-,45-/m0/s1. The van der Waals surface area contributed by atoms with Crippen LogP contribution in [0.2, 0.25) is 0 Å². The number of cyclic esters (lactones) is 1. The fraction of sp³-hybridized carbons (Fsp3) is 0.556. The molecule has 3 aromatic rings. The van der Waals surface area contributed by atoms with Crippen LogP contribution in [-0.2, 0) is 68.2 Å². The van der Waals surface area contributed by atoms with Crippen molar-refractivity contribution in [2.75, 3.05) is 59.4 Å². The summed E-state index contributed by atoms with van der Waals surface area (Å²) in [6, 6.07) is 3.20. The summed E-state index contributed by atoms with van der Waals surface area (Å²) >= 11 is 0. The molecule has 2 aromatic heterocycles. The number of unbranched alkanes of at least 4 members (excludes halogenated alkanes) is 1. The maximum Gasteiger partial charge on any atom is 0.343 e. The third-order valence-corrected chi connectivity index (χ3v) is 11.7. The average Bonchev–Trinajstić information content (AvgIpc) is 3.92. The van der Waals surface area contributed by atoms with E-state index in [2.05, 4.69) is 26.6 Å². The first-order valence-electron chi connectivity index (χ1n) is 22.4. The van der Waals surface area contributed by atoms with Crippen LogP contribution >= 0.6 is 0 Å². The van der Waals surface area contributed by atoms with Gasteiger partial charge in [0.05, 0.1) is 42.2 Å². The third kappa shape index (κ3) is 11.3. The molecule has 3 aliphatic heterocycles. The molecule has 0 fully saturated rings. The van der Waals surface area contributed by atoms with Gasteiger partial charge in [-0.2, -0.15) is 0 Å². The van der Waals surface area contributed by atoms with Crippen LogP contribution in [0.25, 0.3) is 22.3 Å². The Hall–Kier alpha value is -6.16. The zero-order valence-electron chi connectivity index (χ0n) is 37.8. The zero-order chi connectivity index (χ0) is 47.5. The fourth-order valence-corrected chi connectivity index (χ4v) is 8.15. The number of nitrogens with zero attached hydrogens (tertiary/aromatic N) is 2. The number of benzene rings is 1. The molecule has 5 amide bonds. The molecule has 1 aromatic carbocycles. The van der Waals surface area contributed by atoms with Gasteiger partial charge in [-0.3, -0.25) is 28.8 Å². The Morgan fingerprint density at radius 1 is 0.879 bits per heavy atom. The lowest BCUT2D eigenvalue weighted by atomic mass is 9.86. The number of nitrogens with two attached hydrogens (primary N) is 1. The predicted octanol–water partition coefficient (Wildman–Crippen LogP) is -0.103. The number of amides is 5. The van der Waals surface area contributed by atoms with Crippen molar-refractivity contribution in [3.05, 3.63) is 50.8 Å². The van der Waals surface area contributed by atoms with Crippen molar-refractivity contribution in [1.82, 2.24) is 36.1 Å². The number of fused-ring (bicyclic) bond motifs is 6. The van der Waals surface area contributed by atoms with Crippen molar-refractivity contribution in [3.63, 3.8) is 0 Å². The van der Waals surface area contributed by atoms with Gasteiger partial charge in [-0.1, -0.05) is 20.8 Å². The minimum atomic E-state index is -1.98. The van der Waals surface area contributed by atoms with E-state index in [0.717, 1.165) is 16.5 Å². The third-order valence-electron chi connectivity index (χ3n) is 11.7. The van der Waals surface area contributed by atoms with Crippen LogP contribution in [0.15, 0.2) is 23.0 Å². The van der Waals surface area contributed by atoms with E-state index in [0.29, 0.717) is 80.4 Å². The highest BCUT2D eigenvalue weighted by molar-refractivity contribution is 5.94. The van der Waals surface area contributed by atoms with Crippen molar-refractivity contribution in [2.24, 2.45) is 11.7 Å².